The number of hydrogen-bond acceptors (Lipinski definition) is 5. The standard InChI is InChI=1S/C19H24O4S/c1-13-17(5-4-10-19(13)22-11-12-24-19)14(2)23-18(20)15-6-8-16(21-3)9-7-15/h6-9,14H,4-5,10-12H2,1-3H3/t14-,19+/m0/s1. The van der Waals surface area contributed by atoms with Crippen molar-refractivity contribution in [2.45, 2.75) is 44.1 Å². The summed E-state index contributed by atoms with van der Waals surface area (Å²) < 4.78 is 16.9. The highest BCUT2D eigenvalue weighted by molar-refractivity contribution is 8.00. The zero-order chi connectivity index (χ0) is 17.2. The monoisotopic (exact) mass is 348 g/mol. The Bertz CT molecular complexity index is 629. The van der Waals surface area contributed by atoms with E-state index in [9.17, 15) is 4.79 Å². The fourth-order valence-corrected chi connectivity index (χ4v) is 4.78. The van der Waals surface area contributed by atoms with Gasteiger partial charge in [0.15, 0.2) is 0 Å². The second-order valence-corrected chi connectivity index (χ2v) is 7.59. The molecule has 1 spiro atoms. The van der Waals surface area contributed by atoms with E-state index >= 15 is 0 Å². The molecule has 0 unspecified atom stereocenters. The number of benzene rings is 1. The summed E-state index contributed by atoms with van der Waals surface area (Å²) in [5.74, 6) is 1.46. The highest BCUT2D eigenvalue weighted by atomic mass is 32.2. The lowest BCUT2D eigenvalue weighted by molar-refractivity contribution is 0.0353. The van der Waals surface area contributed by atoms with Crippen molar-refractivity contribution in [3.8, 4) is 5.75 Å². The molecule has 1 aliphatic heterocycles. The number of ether oxygens (including phenoxy) is 3. The first kappa shape index (κ1) is 17.4. The summed E-state index contributed by atoms with van der Waals surface area (Å²) in [6.07, 6.45) is 2.85. The highest BCUT2D eigenvalue weighted by Gasteiger charge is 2.42. The summed E-state index contributed by atoms with van der Waals surface area (Å²) in [4.78, 5) is 12.2. The first-order valence-corrected chi connectivity index (χ1v) is 9.37. The van der Waals surface area contributed by atoms with E-state index in [-0.39, 0.29) is 17.0 Å². The lowest BCUT2D eigenvalue weighted by Crippen LogP contribution is -2.33. The van der Waals surface area contributed by atoms with Gasteiger partial charge in [0.1, 0.15) is 16.8 Å². The summed E-state index contributed by atoms with van der Waals surface area (Å²) in [6.45, 7) is 4.89. The minimum absolute atomic E-state index is 0.186. The van der Waals surface area contributed by atoms with Gasteiger partial charge in [0.2, 0.25) is 0 Å². The zero-order valence-corrected chi connectivity index (χ0v) is 15.3. The average molecular weight is 348 g/mol. The summed E-state index contributed by atoms with van der Waals surface area (Å²) in [6, 6.07) is 7.00. The maximum atomic E-state index is 12.4. The van der Waals surface area contributed by atoms with Gasteiger partial charge in [-0.1, -0.05) is 0 Å². The van der Waals surface area contributed by atoms with Crippen LogP contribution < -0.4 is 4.74 Å². The van der Waals surface area contributed by atoms with E-state index in [1.165, 1.54) is 11.1 Å². The largest absolute Gasteiger partial charge is 0.497 e. The molecule has 0 radical (unpaired) electrons. The van der Waals surface area contributed by atoms with Crippen LogP contribution in [0.25, 0.3) is 0 Å². The molecule has 1 fully saturated rings. The van der Waals surface area contributed by atoms with E-state index in [2.05, 4.69) is 6.92 Å². The van der Waals surface area contributed by atoms with Crippen molar-refractivity contribution in [2.75, 3.05) is 19.5 Å². The Morgan fingerprint density at radius 3 is 2.71 bits per heavy atom. The number of carbonyl (C=O) groups is 1. The molecule has 0 bridgehead atoms. The van der Waals surface area contributed by atoms with E-state index in [0.29, 0.717) is 5.56 Å². The maximum Gasteiger partial charge on any atom is 0.338 e. The molecule has 24 heavy (non-hydrogen) atoms. The normalized spacial score (nSPS) is 25.0. The van der Waals surface area contributed by atoms with E-state index in [4.69, 9.17) is 14.2 Å². The third kappa shape index (κ3) is 3.33. The molecule has 0 N–H and O–H groups in total. The first-order chi connectivity index (χ1) is 11.6. The number of thioether (sulfide) groups is 1. The lowest BCUT2D eigenvalue weighted by atomic mass is 9.87. The molecule has 3 rings (SSSR count). The zero-order valence-electron chi connectivity index (χ0n) is 14.5. The molecule has 1 aromatic carbocycles. The average Bonchev–Trinajstić information content (AvgIpc) is 3.07. The van der Waals surface area contributed by atoms with Gasteiger partial charge in [0.25, 0.3) is 0 Å². The lowest BCUT2D eigenvalue weighted by Gasteiger charge is -2.36. The molecule has 0 saturated carbocycles. The number of methoxy groups -OCH3 is 1. The smallest absolute Gasteiger partial charge is 0.338 e. The molecule has 2 atom stereocenters. The van der Waals surface area contributed by atoms with Crippen LogP contribution in [-0.4, -0.2) is 36.5 Å². The fourth-order valence-electron chi connectivity index (χ4n) is 3.48. The van der Waals surface area contributed by atoms with Crippen molar-refractivity contribution in [2.24, 2.45) is 0 Å². The predicted octanol–water partition coefficient (Wildman–Crippen LogP) is 4.20. The van der Waals surface area contributed by atoms with Crippen molar-refractivity contribution in [1.82, 2.24) is 0 Å². The van der Waals surface area contributed by atoms with Gasteiger partial charge in [-0.2, -0.15) is 0 Å². The SMILES string of the molecule is COc1ccc(C(=O)O[C@@H](C)C2=C(C)[C@]3(CCC2)OCCS3)cc1. The van der Waals surface area contributed by atoms with Crippen molar-refractivity contribution in [3.05, 3.63) is 41.0 Å². The quantitative estimate of drug-likeness (QED) is 0.603. The first-order valence-electron chi connectivity index (χ1n) is 8.39. The van der Waals surface area contributed by atoms with Crippen LogP contribution in [0.4, 0.5) is 0 Å². The van der Waals surface area contributed by atoms with Gasteiger partial charge in [-0.05, 0) is 68.5 Å². The predicted molar refractivity (Wildman–Crippen MR) is 95.6 cm³/mol. The molecular formula is C19H24O4S. The van der Waals surface area contributed by atoms with Crippen LogP contribution in [0, 0.1) is 0 Å². The van der Waals surface area contributed by atoms with Gasteiger partial charge < -0.3 is 14.2 Å². The van der Waals surface area contributed by atoms with Gasteiger partial charge in [-0.3, -0.25) is 0 Å². The Hall–Kier alpha value is -1.46. The summed E-state index contributed by atoms with van der Waals surface area (Å²) in [5.41, 5.74) is 2.99. The number of hydrogen-bond donors (Lipinski definition) is 0. The van der Waals surface area contributed by atoms with Gasteiger partial charge in [-0.15, -0.1) is 11.8 Å². The van der Waals surface area contributed by atoms with Gasteiger partial charge >= 0.3 is 5.97 Å². The molecule has 5 heteroatoms. The van der Waals surface area contributed by atoms with Gasteiger partial charge in [0.05, 0.1) is 19.3 Å². The molecule has 1 aliphatic carbocycles. The molecule has 2 aliphatic rings. The van der Waals surface area contributed by atoms with Crippen LogP contribution in [0.1, 0.15) is 43.5 Å². The Labute approximate surface area is 147 Å². The number of esters is 1. The van der Waals surface area contributed by atoms with Crippen LogP contribution in [0.2, 0.25) is 0 Å². The fraction of sp³-hybridized carbons (Fsp3) is 0.526. The topological polar surface area (TPSA) is 44.8 Å². The Morgan fingerprint density at radius 1 is 1.33 bits per heavy atom. The summed E-state index contributed by atoms with van der Waals surface area (Å²) >= 11 is 1.88. The Kier molecular flexibility index (Phi) is 5.21. The van der Waals surface area contributed by atoms with Crippen LogP contribution in [0.15, 0.2) is 35.4 Å². The van der Waals surface area contributed by atoms with Crippen molar-refractivity contribution >= 4 is 17.7 Å². The van der Waals surface area contributed by atoms with Crippen LogP contribution in [0.5, 0.6) is 5.75 Å². The van der Waals surface area contributed by atoms with Crippen LogP contribution in [-0.2, 0) is 9.47 Å². The van der Waals surface area contributed by atoms with Gasteiger partial charge in [-0.25, -0.2) is 4.79 Å². The molecule has 1 aromatic rings. The second kappa shape index (κ2) is 7.19. The van der Waals surface area contributed by atoms with E-state index in [0.717, 1.165) is 37.4 Å². The van der Waals surface area contributed by atoms with Crippen molar-refractivity contribution < 1.29 is 19.0 Å². The molecule has 4 nitrogen and oxygen atoms in total. The minimum atomic E-state index is -0.301. The Balaban J connectivity index is 1.73. The summed E-state index contributed by atoms with van der Waals surface area (Å²) in [5, 5.41) is 0. The molecule has 0 amide bonds. The molecule has 130 valence electrons. The molecule has 0 aromatic heterocycles. The van der Waals surface area contributed by atoms with E-state index < -0.39 is 0 Å². The number of carbonyl (C=O) groups excluding carboxylic acids is 1. The van der Waals surface area contributed by atoms with Crippen LogP contribution >= 0.6 is 11.8 Å². The third-order valence-electron chi connectivity index (χ3n) is 4.86. The molecule has 1 heterocycles. The minimum Gasteiger partial charge on any atom is -0.497 e. The third-order valence-corrected chi connectivity index (χ3v) is 6.32. The number of rotatable bonds is 4. The second-order valence-electron chi connectivity index (χ2n) is 6.23. The van der Waals surface area contributed by atoms with E-state index in [1.54, 1.807) is 31.4 Å². The molecular weight excluding hydrogens is 324 g/mol. The van der Waals surface area contributed by atoms with Crippen LogP contribution in [0.3, 0.4) is 0 Å². The Morgan fingerprint density at radius 2 is 2.08 bits per heavy atom. The van der Waals surface area contributed by atoms with Gasteiger partial charge in [0, 0.05) is 5.75 Å². The van der Waals surface area contributed by atoms with Crippen molar-refractivity contribution in [3.63, 3.8) is 0 Å². The molecule has 1 saturated heterocycles. The van der Waals surface area contributed by atoms with Crippen molar-refractivity contribution in [1.29, 1.82) is 0 Å². The van der Waals surface area contributed by atoms with E-state index in [1.807, 2.05) is 18.7 Å². The maximum absolute atomic E-state index is 12.4. The summed E-state index contributed by atoms with van der Waals surface area (Å²) in [7, 11) is 1.60. The highest BCUT2D eigenvalue weighted by Crippen LogP contribution is 2.48.